The first-order valence-corrected chi connectivity index (χ1v) is 8.76. The highest BCUT2D eigenvalue weighted by molar-refractivity contribution is 7.80. The molecule has 1 saturated carbocycles. The Bertz CT molecular complexity index is 562. The third-order valence-corrected chi connectivity index (χ3v) is 4.77. The summed E-state index contributed by atoms with van der Waals surface area (Å²) in [6.45, 7) is 6.35. The maximum Gasteiger partial charge on any atom is 0.275 e. The van der Waals surface area contributed by atoms with Gasteiger partial charge in [0.05, 0.1) is 26.2 Å². The molecule has 1 aliphatic carbocycles. The Morgan fingerprint density at radius 2 is 1.91 bits per heavy atom. The minimum Gasteiger partial charge on any atom is -0.348 e. The Kier molecular flexibility index (Phi) is 5.13. The Morgan fingerprint density at radius 3 is 2.52 bits per heavy atom. The van der Waals surface area contributed by atoms with Gasteiger partial charge in [0.15, 0.2) is 11.7 Å². The van der Waals surface area contributed by atoms with Crippen molar-refractivity contribution in [2.24, 2.45) is 0 Å². The second-order valence-corrected chi connectivity index (χ2v) is 6.94. The van der Waals surface area contributed by atoms with E-state index in [2.05, 4.69) is 34.6 Å². The van der Waals surface area contributed by atoms with Gasteiger partial charge in [0.1, 0.15) is 0 Å². The molecule has 23 heavy (non-hydrogen) atoms. The maximum absolute atomic E-state index is 11.9. The number of piperazine rings is 1. The van der Waals surface area contributed by atoms with Crippen molar-refractivity contribution in [3.8, 4) is 0 Å². The zero-order valence-corrected chi connectivity index (χ0v) is 14.4. The van der Waals surface area contributed by atoms with E-state index in [0.29, 0.717) is 12.6 Å². The lowest BCUT2D eigenvalue weighted by molar-refractivity contribution is -0.895. The molecule has 6 heteroatoms. The molecule has 5 nitrogen and oxygen atoms in total. The van der Waals surface area contributed by atoms with E-state index in [4.69, 9.17) is 12.2 Å². The Balaban J connectivity index is 1.41. The van der Waals surface area contributed by atoms with Gasteiger partial charge in [0.2, 0.25) is 0 Å². The zero-order chi connectivity index (χ0) is 16.2. The molecule has 1 amide bonds. The number of hydrogen-bond donors (Lipinski definition) is 3. The smallest absolute Gasteiger partial charge is 0.275 e. The van der Waals surface area contributed by atoms with Crippen LogP contribution < -0.4 is 15.5 Å². The van der Waals surface area contributed by atoms with Crippen LogP contribution in [0, 0.1) is 6.92 Å². The number of amides is 1. The number of hydrogen-bond acceptors (Lipinski definition) is 2. The quantitative estimate of drug-likeness (QED) is 0.688. The highest BCUT2D eigenvalue weighted by Gasteiger charge is 2.27. The number of nitrogens with one attached hydrogen (secondary N) is 3. The average molecular weight is 333 g/mol. The third kappa shape index (κ3) is 4.91. The summed E-state index contributed by atoms with van der Waals surface area (Å²) in [7, 11) is 0. The molecule has 0 atom stereocenters. The molecule has 3 N–H and O–H groups in total. The van der Waals surface area contributed by atoms with Gasteiger partial charge in [-0.05, 0) is 44.1 Å². The molecule has 3 rings (SSSR count). The van der Waals surface area contributed by atoms with Gasteiger partial charge in [0.25, 0.3) is 5.91 Å². The second kappa shape index (κ2) is 7.27. The van der Waals surface area contributed by atoms with Crippen LogP contribution in [0.5, 0.6) is 0 Å². The van der Waals surface area contributed by atoms with Gasteiger partial charge in [-0.1, -0.05) is 17.7 Å². The van der Waals surface area contributed by atoms with E-state index < -0.39 is 0 Å². The van der Waals surface area contributed by atoms with Crippen LogP contribution in [0.1, 0.15) is 18.4 Å². The third-order valence-electron chi connectivity index (χ3n) is 4.41. The topological polar surface area (TPSA) is 48.8 Å². The van der Waals surface area contributed by atoms with E-state index in [1.54, 1.807) is 0 Å². The molecular weight excluding hydrogens is 308 g/mol. The van der Waals surface area contributed by atoms with Gasteiger partial charge in [-0.25, -0.2) is 0 Å². The lowest BCUT2D eigenvalue weighted by Crippen LogP contribution is -3.15. The van der Waals surface area contributed by atoms with Crippen LogP contribution in [0.2, 0.25) is 0 Å². The van der Waals surface area contributed by atoms with E-state index in [9.17, 15) is 4.79 Å². The van der Waals surface area contributed by atoms with E-state index >= 15 is 0 Å². The Labute approximate surface area is 143 Å². The molecule has 2 fully saturated rings. The molecule has 2 aliphatic rings. The molecule has 0 radical (unpaired) electrons. The van der Waals surface area contributed by atoms with Crippen LogP contribution in [0.15, 0.2) is 24.3 Å². The summed E-state index contributed by atoms with van der Waals surface area (Å²) >= 11 is 5.51. The number of benzene rings is 1. The van der Waals surface area contributed by atoms with E-state index in [-0.39, 0.29) is 5.91 Å². The van der Waals surface area contributed by atoms with E-state index in [1.165, 1.54) is 10.5 Å². The van der Waals surface area contributed by atoms with E-state index in [1.807, 2.05) is 12.1 Å². The average Bonchev–Trinajstić information content (AvgIpc) is 3.34. The number of anilines is 1. The SMILES string of the molecule is Cc1ccc(NC(=S)N2CC[NH+](CC(=O)NC3CC3)CC2)cc1. The van der Waals surface area contributed by atoms with Gasteiger partial charge in [0, 0.05) is 11.7 Å². The number of carbonyl (C=O) groups excluding carboxylic acids is 1. The van der Waals surface area contributed by atoms with Gasteiger partial charge in [-0.15, -0.1) is 0 Å². The van der Waals surface area contributed by atoms with Crippen molar-refractivity contribution in [1.82, 2.24) is 10.2 Å². The highest BCUT2D eigenvalue weighted by Crippen LogP contribution is 2.18. The molecule has 0 unspecified atom stereocenters. The molecule has 0 bridgehead atoms. The fourth-order valence-corrected chi connectivity index (χ4v) is 3.08. The van der Waals surface area contributed by atoms with Gasteiger partial charge in [-0.2, -0.15) is 0 Å². The number of thiocarbonyl (C=S) groups is 1. The summed E-state index contributed by atoms with van der Waals surface area (Å²) in [6.07, 6.45) is 2.29. The molecular formula is C17H25N4OS+. The van der Waals surface area contributed by atoms with Crippen LogP contribution in [0.25, 0.3) is 0 Å². The zero-order valence-electron chi connectivity index (χ0n) is 13.6. The van der Waals surface area contributed by atoms with Crippen molar-refractivity contribution < 1.29 is 9.69 Å². The fourth-order valence-electron chi connectivity index (χ4n) is 2.78. The number of rotatable bonds is 4. The molecule has 124 valence electrons. The van der Waals surface area contributed by atoms with Crippen molar-refractivity contribution >= 4 is 28.9 Å². The van der Waals surface area contributed by atoms with Gasteiger partial charge in [-0.3, -0.25) is 4.79 Å². The van der Waals surface area contributed by atoms with Crippen LogP contribution >= 0.6 is 12.2 Å². The minimum absolute atomic E-state index is 0.191. The highest BCUT2D eigenvalue weighted by atomic mass is 32.1. The molecule has 1 aromatic rings. The maximum atomic E-state index is 11.9. The summed E-state index contributed by atoms with van der Waals surface area (Å²) in [4.78, 5) is 15.4. The number of nitrogens with zero attached hydrogens (tertiary/aromatic N) is 1. The van der Waals surface area contributed by atoms with E-state index in [0.717, 1.165) is 49.8 Å². The predicted octanol–water partition coefficient (Wildman–Crippen LogP) is 0.171. The van der Waals surface area contributed by atoms with Gasteiger partial charge < -0.3 is 20.4 Å². The lowest BCUT2D eigenvalue weighted by atomic mass is 10.2. The monoisotopic (exact) mass is 333 g/mol. The lowest BCUT2D eigenvalue weighted by Gasteiger charge is -2.33. The summed E-state index contributed by atoms with van der Waals surface area (Å²) in [5.74, 6) is 0.191. The number of aryl methyl sites for hydroxylation is 1. The summed E-state index contributed by atoms with van der Waals surface area (Å²) < 4.78 is 0. The fraction of sp³-hybridized carbons (Fsp3) is 0.529. The van der Waals surface area contributed by atoms with Crippen molar-refractivity contribution in [2.75, 3.05) is 38.0 Å². The van der Waals surface area contributed by atoms with Crippen LogP contribution in [-0.4, -0.2) is 54.7 Å². The standard InChI is InChI=1S/C17H24N4OS/c1-13-2-4-15(5-3-13)19-17(23)21-10-8-20(9-11-21)12-16(22)18-14-6-7-14/h2-5,14H,6-12H2,1H3,(H,18,22)(H,19,23)/p+1. The first-order valence-electron chi connectivity index (χ1n) is 8.36. The van der Waals surface area contributed by atoms with Crippen molar-refractivity contribution in [2.45, 2.75) is 25.8 Å². The molecule has 1 heterocycles. The molecule has 0 aromatic heterocycles. The Hall–Kier alpha value is -1.66. The largest absolute Gasteiger partial charge is 0.348 e. The number of carbonyl (C=O) groups is 1. The first-order chi connectivity index (χ1) is 11.1. The summed E-state index contributed by atoms with van der Waals surface area (Å²) in [6, 6.07) is 8.70. The Morgan fingerprint density at radius 1 is 1.26 bits per heavy atom. The molecule has 0 spiro atoms. The second-order valence-electron chi connectivity index (χ2n) is 6.55. The molecule has 1 aliphatic heterocycles. The first kappa shape index (κ1) is 16.2. The summed E-state index contributed by atoms with van der Waals surface area (Å²) in [5.41, 5.74) is 2.27. The van der Waals surface area contributed by atoms with Crippen molar-refractivity contribution in [1.29, 1.82) is 0 Å². The van der Waals surface area contributed by atoms with Gasteiger partial charge >= 0.3 is 0 Å². The molecule has 1 saturated heterocycles. The van der Waals surface area contributed by atoms with Crippen LogP contribution in [0.3, 0.4) is 0 Å². The van der Waals surface area contributed by atoms with Crippen molar-refractivity contribution in [3.63, 3.8) is 0 Å². The van der Waals surface area contributed by atoms with Crippen LogP contribution in [0.4, 0.5) is 5.69 Å². The summed E-state index contributed by atoms with van der Waals surface area (Å²) in [5, 5.41) is 7.13. The van der Waals surface area contributed by atoms with Crippen molar-refractivity contribution in [3.05, 3.63) is 29.8 Å². The van der Waals surface area contributed by atoms with Crippen LogP contribution in [-0.2, 0) is 4.79 Å². The predicted molar refractivity (Wildman–Crippen MR) is 95.7 cm³/mol. The minimum atomic E-state index is 0.191. The molecule has 1 aromatic carbocycles. The number of quaternary nitrogens is 1. The normalized spacial score (nSPS) is 18.6.